The smallest absolute Gasteiger partial charge is 0.323 e. The van der Waals surface area contributed by atoms with Gasteiger partial charge in [0.2, 0.25) is 5.91 Å². The third-order valence-electron chi connectivity index (χ3n) is 2.67. The highest BCUT2D eigenvalue weighted by molar-refractivity contribution is 6.06. The zero-order chi connectivity index (χ0) is 13.9. The number of aliphatic carboxylic acids is 1. The predicted octanol–water partition coefficient (Wildman–Crippen LogP) is -1.14. The largest absolute Gasteiger partial charge is 0.480 e. The number of rotatable bonds is 4. The summed E-state index contributed by atoms with van der Waals surface area (Å²) in [5.74, 6) is -2.00. The van der Waals surface area contributed by atoms with E-state index in [-0.39, 0.29) is 18.9 Å². The Balaban J connectivity index is 2.62. The molecule has 1 heterocycles. The van der Waals surface area contributed by atoms with Gasteiger partial charge in [-0.2, -0.15) is 0 Å². The highest BCUT2D eigenvalue weighted by Crippen LogP contribution is 2.10. The van der Waals surface area contributed by atoms with Crippen LogP contribution in [0.3, 0.4) is 0 Å². The molecule has 1 rings (SSSR count). The summed E-state index contributed by atoms with van der Waals surface area (Å²) in [6.45, 7) is 1.37. The zero-order valence-corrected chi connectivity index (χ0v) is 10.2. The van der Waals surface area contributed by atoms with Gasteiger partial charge in [-0.15, -0.1) is 0 Å². The van der Waals surface area contributed by atoms with E-state index in [1.54, 1.807) is 6.92 Å². The van der Waals surface area contributed by atoms with E-state index in [2.05, 4.69) is 5.32 Å². The van der Waals surface area contributed by atoms with E-state index in [1.165, 1.54) is 7.05 Å². The Morgan fingerprint density at radius 2 is 2.11 bits per heavy atom. The molecular weight excluding hydrogens is 242 g/mol. The normalized spacial score (nSPS) is 19.0. The number of carboxylic acid groups (broad SMARTS) is 1. The third kappa shape index (κ3) is 2.96. The summed E-state index contributed by atoms with van der Waals surface area (Å²) in [5, 5.41) is 11.0. The number of hydrogen-bond donors (Lipinski definition) is 2. The first kappa shape index (κ1) is 13.9. The lowest BCUT2D eigenvalue weighted by Gasteiger charge is -2.21. The SMILES string of the molecule is CCN(CC(=O)O)C(=O)NC1CC(=O)N(C)C1=O. The number of imide groups is 1. The number of carboxylic acids is 1. The fraction of sp³-hybridized carbons (Fsp3) is 0.600. The molecule has 0 aromatic carbocycles. The number of carbonyl (C=O) groups is 4. The van der Waals surface area contributed by atoms with E-state index < -0.39 is 30.5 Å². The molecule has 100 valence electrons. The molecule has 2 N–H and O–H groups in total. The Labute approximate surface area is 104 Å². The standard InChI is InChI=1S/C10H15N3O5/c1-3-13(5-8(15)16)10(18)11-6-4-7(14)12(2)9(6)17/h6H,3-5H2,1-2H3,(H,11,18)(H,15,16). The summed E-state index contributed by atoms with van der Waals surface area (Å²) in [7, 11) is 1.34. The molecule has 0 aliphatic carbocycles. The molecule has 0 radical (unpaired) electrons. The number of urea groups is 1. The third-order valence-corrected chi connectivity index (χ3v) is 2.67. The summed E-state index contributed by atoms with van der Waals surface area (Å²) in [6, 6.07) is -1.57. The van der Waals surface area contributed by atoms with Crippen LogP contribution in [-0.2, 0) is 14.4 Å². The molecular formula is C10H15N3O5. The first-order valence-electron chi connectivity index (χ1n) is 5.44. The molecule has 0 spiro atoms. The van der Waals surface area contributed by atoms with E-state index in [4.69, 9.17) is 5.11 Å². The van der Waals surface area contributed by atoms with Crippen molar-refractivity contribution in [3.63, 3.8) is 0 Å². The van der Waals surface area contributed by atoms with Crippen LogP contribution in [0.15, 0.2) is 0 Å². The van der Waals surface area contributed by atoms with Crippen molar-refractivity contribution in [1.29, 1.82) is 0 Å². The second-order valence-electron chi connectivity index (χ2n) is 3.91. The molecule has 4 amide bonds. The second kappa shape index (κ2) is 5.48. The van der Waals surface area contributed by atoms with Gasteiger partial charge in [-0.1, -0.05) is 0 Å². The second-order valence-corrected chi connectivity index (χ2v) is 3.91. The topological polar surface area (TPSA) is 107 Å². The van der Waals surface area contributed by atoms with Gasteiger partial charge in [0.1, 0.15) is 12.6 Å². The van der Waals surface area contributed by atoms with E-state index in [0.717, 1.165) is 9.80 Å². The summed E-state index contributed by atoms with van der Waals surface area (Å²) in [6.07, 6.45) is -0.0916. The molecule has 1 atom stereocenters. The van der Waals surface area contributed by atoms with Crippen molar-refractivity contribution in [2.24, 2.45) is 0 Å². The quantitative estimate of drug-likeness (QED) is 0.619. The van der Waals surface area contributed by atoms with Crippen LogP contribution in [0, 0.1) is 0 Å². The molecule has 8 nitrogen and oxygen atoms in total. The molecule has 0 aromatic rings. The lowest BCUT2D eigenvalue weighted by molar-refractivity contribution is -0.138. The van der Waals surface area contributed by atoms with Crippen LogP contribution >= 0.6 is 0 Å². The van der Waals surface area contributed by atoms with Gasteiger partial charge in [-0.05, 0) is 6.92 Å². The van der Waals surface area contributed by atoms with Gasteiger partial charge >= 0.3 is 12.0 Å². The number of nitrogens with zero attached hydrogens (tertiary/aromatic N) is 2. The molecule has 1 aliphatic heterocycles. The van der Waals surface area contributed by atoms with Crippen molar-refractivity contribution < 1.29 is 24.3 Å². The van der Waals surface area contributed by atoms with Crippen molar-refractivity contribution >= 4 is 23.8 Å². The van der Waals surface area contributed by atoms with Gasteiger partial charge in [0.05, 0.1) is 6.42 Å². The van der Waals surface area contributed by atoms with Gasteiger partial charge in [0.15, 0.2) is 0 Å². The van der Waals surface area contributed by atoms with Crippen molar-refractivity contribution in [2.75, 3.05) is 20.1 Å². The van der Waals surface area contributed by atoms with Crippen molar-refractivity contribution in [1.82, 2.24) is 15.1 Å². The molecule has 0 bridgehead atoms. The van der Waals surface area contributed by atoms with Crippen LogP contribution in [0.4, 0.5) is 4.79 Å². The Morgan fingerprint density at radius 1 is 1.50 bits per heavy atom. The molecule has 18 heavy (non-hydrogen) atoms. The Kier molecular flexibility index (Phi) is 4.24. The van der Waals surface area contributed by atoms with Gasteiger partial charge in [-0.3, -0.25) is 19.3 Å². The van der Waals surface area contributed by atoms with Crippen molar-refractivity contribution in [2.45, 2.75) is 19.4 Å². The lowest BCUT2D eigenvalue weighted by atomic mass is 10.2. The maximum atomic E-state index is 11.7. The molecule has 1 fully saturated rings. The Hall–Kier alpha value is -2.12. The minimum Gasteiger partial charge on any atom is -0.480 e. The average molecular weight is 257 g/mol. The molecule has 8 heteroatoms. The molecule has 1 aliphatic rings. The Morgan fingerprint density at radius 3 is 2.50 bits per heavy atom. The fourth-order valence-corrected chi connectivity index (χ4v) is 1.60. The minimum atomic E-state index is -1.14. The van der Waals surface area contributed by atoms with Gasteiger partial charge in [0.25, 0.3) is 5.91 Å². The summed E-state index contributed by atoms with van der Waals surface area (Å²) >= 11 is 0. The maximum absolute atomic E-state index is 11.7. The number of nitrogens with one attached hydrogen (secondary N) is 1. The highest BCUT2D eigenvalue weighted by atomic mass is 16.4. The van der Waals surface area contributed by atoms with E-state index in [0.29, 0.717) is 0 Å². The Bertz CT molecular complexity index is 395. The van der Waals surface area contributed by atoms with E-state index in [9.17, 15) is 19.2 Å². The molecule has 1 saturated heterocycles. The monoisotopic (exact) mass is 257 g/mol. The van der Waals surface area contributed by atoms with Crippen LogP contribution in [-0.4, -0.2) is 64.9 Å². The van der Waals surface area contributed by atoms with Crippen LogP contribution < -0.4 is 5.32 Å². The first-order valence-corrected chi connectivity index (χ1v) is 5.44. The number of amides is 4. The van der Waals surface area contributed by atoms with Gasteiger partial charge in [-0.25, -0.2) is 4.79 Å². The lowest BCUT2D eigenvalue weighted by Crippen LogP contribution is -2.48. The molecule has 1 unspecified atom stereocenters. The number of carbonyl (C=O) groups excluding carboxylic acids is 3. The van der Waals surface area contributed by atoms with Gasteiger partial charge < -0.3 is 15.3 Å². The summed E-state index contributed by atoms with van der Waals surface area (Å²) < 4.78 is 0. The summed E-state index contributed by atoms with van der Waals surface area (Å²) in [5.41, 5.74) is 0. The predicted molar refractivity (Wildman–Crippen MR) is 59.6 cm³/mol. The fourth-order valence-electron chi connectivity index (χ4n) is 1.60. The van der Waals surface area contributed by atoms with Crippen LogP contribution in [0.25, 0.3) is 0 Å². The molecule has 0 aromatic heterocycles. The number of hydrogen-bond acceptors (Lipinski definition) is 4. The number of likely N-dealkylation sites (N-methyl/N-ethyl adjacent to an activating group) is 2. The van der Waals surface area contributed by atoms with Crippen LogP contribution in [0.5, 0.6) is 0 Å². The molecule has 0 saturated carbocycles. The zero-order valence-electron chi connectivity index (χ0n) is 10.2. The summed E-state index contributed by atoms with van der Waals surface area (Å²) in [4.78, 5) is 47.0. The minimum absolute atomic E-state index is 0.0916. The first-order chi connectivity index (χ1) is 8.36. The van der Waals surface area contributed by atoms with Crippen molar-refractivity contribution in [3.05, 3.63) is 0 Å². The van der Waals surface area contributed by atoms with E-state index in [1.807, 2.05) is 0 Å². The maximum Gasteiger partial charge on any atom is 0.323 e. The van der Waals surface area contributed by atoms with E-state index >= 15 is 0 Å². The average Bonchev–Trinajstić information content (AvgIpc) is 2.53. The number of likely N-dealkylation sites (tertiary alicyclic amines) is 1. The van der Waals surface area contributed by atoms with Crippen molar-refractivity contribution in [3.8, 4) is 0 Å². The van der Waals surface area contributed by atoms with Crippen LogP contribution in [0.1, 0.15) is 13.3 Å². The van der Waals surface area contributed by atoms with Gasteiger partial charge in [0, 0.05) is 13.6 Å². The highest BCUT2D eigenvalue weighted by Gasteiger charge is 2.37. The van der Waals surface area contributed by atoms with Crippen LogP contribution in [0.2, 0.25) is 0 Å².